The lowest BCUT2D eigenvalue weighted by atomic mass is 9.81. The average molecular weight is 270 g/mol. The molecule has 1 aliphatic carbocycles. The summed E-state index contributed by atoms with van der Waals surface area (Å²) in [6.07, 6.45) is 9.37. The topological polar surface area (TPSA) is 42.7 Å². The molecular formula is C16H22N4. The number of hydrogen-bond donors (Lipinski definition) is 1. The largest absolute Gasteiger partial charge is 0.337 e. The Morgan fingerprint density at radius 2 is 2.30 bits per heavy atom. The molecule has 0 radical (unpaired) electrons. The number of rotatable bonds is 4. The minimum absolute atomic E-state index is 0.244. The Labute approximate surface area is 120 Å². The summed E-state index contributed by atoms with van der Waals surface area (Å²) in [5, 5.41) is 3.61. The fourth-order valence-electron chi connectivity index (χ4n) is 3.28. The van der Waals surface area contributed by atoms with Crippen LogP contribution >= 0.6 is 0 Å². The monoisotopic (exact) mass is 270 g/mol. The lowest BCUT2D eigenvalue weighted by molar-refractivity contribution is 0.379. The summed E-state index contributed by atoms with van der Waals surface area (Å²) < 4.78 is 2.12. The number of aryl methyl sites for hydroxylation is 2. The van der Waals surface area contributed by atoms with Gasteiger partial charge in [0.15, 0.2) is 0 Å². The number of nitrogens with zero attached hydrogens (tertiary/aromatic N) is 3. The Balaban J connectivity index is 1.99. The maximum atomic E-state index is 4.67. The molecule has 0 spiro atoms. The van der Waals surface area contributed by atoms with E-state index >= 15 is 0 Å². The molecule has 1 N–H and O–H groups in total. The van der Waals surface area contributed by atoms with Gasteiger partial charge in [0.2, 0.25) is 0 Å². The van der Waals surface area contributed by atoms with E-state index in [1.165, 1.54) is 24.1 Å². The van der Waals surface area contributed by atoms with Gasteiger partial charge in [-0.3, -0.25) is 4.98 Å². The van der Waals surface area contributed by atoms with Crippen LogP contribution in [0, 0.1) is 0 Å². The maximum absolute atomic E-state index is 4.67. The van der Waals surface area contributed by atoms with Crippen molar-refractivity contribution in [3.63, 3.8) is 0 Å². The van der Waals surface area contributed by atoms with Gasteiger partial charge in [0.05, 0.1) is 6.04 Å². The zero-order valence-corrected chi connectivity index (χ0v) is 12.2. The zero-order chi connectivity index (χ0) is 13.9. The summed E-state index contributed by atoms with van der Waals surface area (Å²) in [4.78, 5) is 9.22. The second-order valence-electron chi connectivity index (χ2n) is 5.48. The molecule has 1 aliphatic rings. The number of fused-ring (bicyclic) bond motifs is 1. The molecule has 20 heavy (non-hydrogen) atoms. The quantitative estimate of drug-likeness (QED) is 0.928. The third kappa shape index (κ3) is 2.36. The van der Waals surface area contributed by atoms with Crippen LogP contribution in [0.3, 0.4) is 0 Å². The van der Waals surface area contributed by atoms with Gasteiger partial charge in [-0.25, -0.2) is 4.98 Å². The normalized spacial score (nSPS) is 19.6. The smallest absolute Gasteiger partial charge is 0.126 e. The molecule has 106 valence electrons. The number of hydrogen-bond acceptors (Lipinski definition) is 3. The first-order valence-electron chi connectivity index (χ1n) is 7.45. The van der Waals surface area contributed by atoms with Crippen molar-refractivity contribution in [3.8, 4) is 0 Å². The molecule has 4 heteroatoms. The third-order valence-corrected chi connectivity index (χ3v) is 4.20. The van der Waals surface area contributed by atoms with Crippen molar-refractivity contribution in [1.82, 2.24) is 19.9 Å². The maximum Gasteiger partial charge on any atom is 0.126 e. The molecular weight excluding hydrogens is 248 g/mol. The van der Waals surface area contributed by atoms with Gasteiger partial charge in [0, 0.05) is 37.3 Å². The van der Waals surface area contributed by atoms with Crippen molar-refractivity contribution < 1.29 is 0 Å². The second-order valence-corrected chi connectivity index (χ2v) is 5.48. The van der Waals surface area contributed by atoms with Gasteiger partial charge in [-0.05, 0) is 37.4 Å². The van der Waals surface area contributed by atoms with Crippen LogP contribution in [0.15, 0.2) is 30.7 Å². The van der Waals surface area contributed by atoms with E-state index in [-0.39, 0.29) is 6.04 Å². The molecule has 2 atom stereocenters. The summed E-state index contributed by atoms with van der Waals surface area (Å²) >= 11 is 0. The SMILES string of the molecule is CCNC(c1nccn1C)C1CCCc2cccnc21. The molecule has 2 heterocycles. The number of pyridine rings is 1. The lowest BCUT2D eigenvalue weighted by Gasteiger charge is -2.31. The van der Waals surface area contributed by atoms with Crippen LogP contribution in [-0.4, -0.2) is 21.1 Å². The third-order valence-electron chi connectivity index (χ3n) is 4.20. The van der Waals surface area contributed by atoms with Crippen LogP contribution in [0.5, 0.6) is 0 Å². The molecule has 0 saturated carbocycles. The number of likely N-dealkylation sites (N-methyl/N-ethyl adjacent to an activating group) is 1. The number of nitrogens with one attached hydrogen (secondary N) is 1. The van der Waals surface area contributed by atoms with Crippen LogP contribution in [0.4, 0.5) is 0 Å². The van der Waals surface area contributed by atoms with E-state index in [9.17, 15) is 0 Å². The highest BCUT2D eigenvalue weighted by Gasteiger charge is 2.31. The first kappa shape index (κ1) is 13.3. The molecule has 0 saturated heterocycles. The van der Waals surface area contributed by atoms with Gasteiger partial charge in [0.25, 0.3) is 0 Å². The Kier molecular flexibility index (Phi) is 3.83. The van der Waals surface area contributed by atoms with Crippen molar-refractivity contribution in [2.45, 2.75) is 38.1 Å². The zero-order valence-electron chi connectivity index (χ0n) is 12.2. The van der Waals surface area contributed by atoms with Crippen LogP contribution in [-0.2, 0) is 13.5 Å². The first-order chi connectivity index (χ1) is 9.81. The predicted molar refractivity (Wildman–Crippen MR) is 79.5 cm³/mol. The van der Waals surface area contributed by atoms with Crippen LogP contribution in [0.2, 0.25) is 0 Å². The highest BCUT2D eigenvalue weighted by atomic mass is 15.1. The minimum atomic E-state index is 0.244. The fraction of sp³-hybridized carbons (Fsp3) is 0.500. The Bertz CT molecular complexity index is 575. The molecule has 0 bridgehead atoms. The van der Waals surface area contributed by atoms with Gasteiger partial charge < -0.3 is 9.88 Å². The Morgan fingerprint density at radius 1 is 1.40 bits per heavy atom. The highest BCUT2D eigenvalue weighted by Crippen LogP contribution is 2.38. The second kappa shape index (κ2) is 5.75. The van der Waals surface area contributed by atoms with Gasteiger partial charge in [0.1, 0.15) is 5.82 Å². The van der Waals surface area contributed by atoms with E-state index in [1.807, 2.05) is 24.7 Å². The van der Waals surface area contributed by atoms with E-state index in [0.29, 0.717) is 5.92 Å². The molecule has 0 aromatic carbocycles. The summed E-state index contributed by atoms with van der Waals surface area (Å²) in [6.45, 7) is 3.09. The van der Waals surface area contributed by atoms with Crippen molar-refractivity contribution in [1.29, 1.82) is 0 Å². The minimum Gasteiger partial charge on any atom is -0.337 e. The van der Waals surface area contributed by atoms with E-state index in [0.717, 1.165) is 18.8 Å². The average Bonchev–Trinajstić information content (AvgIpc) is 2.90. The van der Waals surface area contributed by atoms with Crippen molar-refractivity contribution in [3.05, 3.63) is 47.8 Å². The summed E-state index contributed by atoms with van der Waals surface area (Å²) in [6, 6.07) is 4.51. The number of imidazole rings is 1. The van der Waals surface area contributed by atoms with Crippen LogP contribution in [0.1, 0.15) is 48.8 Å². The number of aromatic nitrogens is 3. The van der Waals surface area contributed by atoms with Crippen LogP contribution < -0.4 is 5.32 Å². The molecule has 3 rings (SSSR count). The lowest BCUT2D eigenvalue weighted by Crippen LogP contribution is -2.31. The van der Waals surface area contributed by atoms with E-state index in [2.05, 4.69) is 39.9 Å². The standard InChI is InChI=1S/C16H22N4/c1-3-17-15(16-19-10-11-20(16)2)13-8-4-6-12-7-5-9-18-14(12)13/h5,7,9-11,13,15,17H,3-4,6,8H2,1-2H3. The predicted octanol–water partition coefficient (Wildman–Crippen LogP) is 2.59. The summed E-state index contributed by atoms with van der Waals surface area (Å²) in [5.74, 6) is 1.52. The molecule has 2 unspecified atom stereocenters. The molecule has 0 fully saturated rings. The van der Waals surface area contributed by atoms with Gasteiger partial charge >= 0.3 is 0 Å². The fourth-order valence-corrected chi connectivity index (χ4v) is 3.28. The van der Waals surface area contributed by atoms with Crippen molar-refractivity contribution in [2.75, 3.05) is 6.54 Å². The van der Waals surface area contributed by atoms with E-state index in [4.69, 9.17) is 0 Å². The van der Waals surface area contributed by atoms with Gasteiger partial charge in [-0.2, -0.15) is 0 Å². The molecule has 4 nitrogen and oxygen atoms in total. The molecule has 0 aliphatic heterocycles. The van der Waals surface area contributed by atoms with Crippen molar-refractivity contribution >= 4 is 0 Å². The van der Waals surface area contributed by atoms with Crippen LogP contribution in [0.25, 0.3) is 0 Å². The van der Waals surface area contributed by atoms with Crippen molar-refractivity contribution in [2.24, 2.45) is 7.05 Å². The van der Waals surface area contributed by atoms with Gasteiger partial charge in [-0.1, -0.05) is 13.0 Å². The highest BCUT2D eigenvalue weighted by molar-refractivity contribution is 5.28. The first-order valence-corrected chi connectivity index (χ1v) is 7.45. The Morgan fingerprint density at radius 3 is 3.05 bits per heavy atom. The van der Waals surface area contributed by atoms with Gasteiger partial charge in [-0.15, -0.1) is 0 Å². The Hall–Kier alpha value is -1.68. The van der Waals surface area contributed by atoms with E-state index in [1.54, 1.807) is 0 Å². The summed E-state index contributed by atoms with van der Waals surface area (Å²) in [7, 11) is 2.06. The van der Waals surface area contributed by atoms with E-state index < -0.39 is 0 Å². The molecule has 0 amide bonds. The molecule has 2 aromatic rings. The summed E-state index contributed by atoms with van der Waals surface area (Å²) in [5.41, 5.74) is 2.66. The molecule has 2 aromatic heterocycles.